The SMILES string of the molecule is CC(CCC(=O)OCCO)=C(C(=O)OCO)C(CCC(=O)OCCO)(CCC(=O)OCCCO)CCC(=O)OCCCCO. The summed E-state index contributed by atoms with van der Waals surface area (Å²) in [7, 11) is 0. The van der Waals surface area contributed by atoms with Gasteiger partial charge in [0.15, 0.2) is 6.79 Å². The van der Waals surface area contributed by atoms with Crippen LogP contribution in [0.1, 0.15) is 77.6 Å². The maximum atomic E-state index is 13.4. The third kappa shape index (κ3) is 17.9. The first kappa shape index (κ1) is 40.9. The van der Waals surface area contributed by atoms with Crippen molar-refractivity contribution < 1.29 is 73.2 Å². The lowest BCUT2D eigenvalue weighted by atomic mass is 9.67. The molecule has 0 aromatic rings. The maximum absolute atomic E-state index is 13.4. The van der Waals surface area contributed by atoms with E-state index >= 15 is 0 Å². The number of aliphatic hydroxyl groups excluding tert-OH is 5. The number of unbranched alkanes of at least 4 members (excludes halogenated alkanes) is 1. The van der Waals surface area contributed by atoms with Crippen LogP contribution >= 0.6 is 0 Å². The Kier molecular flexibility index (Phi) is 23.5. The number of carbonyl (C=O) groups excluding carboxylic acids is 5. The van der Waals surface area contributed by atoms with E-state index < -0.39 is 48.7 Å². The fourth-order valence-corrected chi connectivity index (χ4v) is 4.42. The Bertz CT molecular complexity index is 901. The van der Waals surface area contributed by atoms with Crippen LogP contribution in [-0.4, -0.2) is 115 Å². The normalized spacial score (nSPS) is 12.9. The van der Waals surface area contributed by atoms with Crippen molar-refractivity contribution in [3.8, 4) is 0 Å². The molecule has 44 heavy (non-hydrogen) atoms. The Labute approximate surface area is 257 Å². The van der Waals surface area contributed by atoms with Crippen molar-refractivity contribution in [1.29, 1.82) is 0 Å². The lowest BCUT2D eigenvalue weighted by Gasteiger charge is -2.36. The molecule has 0 aromatic carbocycles. The number of allylic oxidation sites excluding steroid dienone is 1. The second-order valence-corrected chi connectivity index (χ2v) is 9.83. The number of esters is 5. The fraction of sp³-hybridized carbons (Fsp3) is 0.759. The van der Waals surface area contributed by atoms with Gasteiger partial charge in [0.25, 0.3) is 0 Å². The first-order valence-electron chi connectivity index (χ1n) is 14.6. The number of hydrogen-bond acceptors (Lipinski definition) is 15. The van der Waals surface area contributed by atoms with Crippen molar-refractivity contribution in [3.63, 3.8) is 0 Å². The highest BCUT2D eigenvalue weighted by atomic mass is 16.6. The van der Waals surface area contributed by atoms with Gasteiger partial charge in [-0.15, -0.1) is 0 Å². The topological polar surface area (TPSA) is 233 Å². The molecule has 0 heterocycles. The molecule has 1 atom stereocenters. The number of ether oxygens (including phenoxy) is 5. The van der Waals surface area contributed by atoms with Crippen LogP contribution in [0.5, 0.6) is 0 Å². The van der Waals surface area contributed by atoms with E-state index in [9.17, 15) is 29.1 Å². The Morgan fingerprint density at radius 2 is 0.932 bits per heavy atom. The van der Waals surface area contributed by atoms with Crippen molar-refractivity contribution in [2.24, 2.45) is 5.41 Å². The van der Waals surface area contributed by atoms with Crippen LogP contribution in [0.3, 0.4) is 0 Å². The van der Waals surface area contributed by atoms with Gasteiger partial charge < -0.3 is 49.2 Å². The predicted molar refractivity (Wildman–Crippen MR) is 151 cm³/mol. The van der Waals surface area contributed by atoms with Gasteiger partial charge in [0.05, 0.1) is 26.4 Å². The summed E-state index contributed by atoms with van der Waals surface area (Å²) in [6.07, 6.45) is -0.409. The van der Waals surface area contributed by atoms with E-state index in [0.717, 1.165) is 0 Å². The Morgan fingerprint density at radius 3 is 1.36 bits per heavy atom. The molecule has 0 saturated carbocycles. The average molecular weight is 637 g/mol. The molecule has 0 bridgehead atoms. The molecule has 0 aliphatic carbocycles. The number of rotatable bonds is 26. The third-order valence-electron chi connectivity index (χ3n) is 6.57. The molecule has 1 unspecified atom stereocenters. The zero-order valence-electron chi connectivity index (χ0n) is 25.5. The largest absolute Gasteiger partial charge is 0.466 e. The Balaban J connectivity index is 6.62. The van der Waals surface area contributed by atoms with Gasteiger partial charge in [-0.25, -0.2) is 4.79 Å². The molecule has 0 rings (SSSR count). The van der Waals surface area contributed by atoms with Crippen LogP contribution in [-0.2, 0) is 47.7 Å². The molecule has 5 N–H and O–H groups in total. The summed E-state index contributed by atoms with van der Waals surface area (Å²) >= 11 is 0. The molecule has 0 aliphatic heterocycles. The summed E-state index contributed by atoms with van der Waals surface area (Å²) < 4.78 is 25.2. The zero-order chi connectivity index (χ0) is 33.2. The lowest BCUT2D eigenvalue weighted by molar-refractivity contribution is -0.152. The van der Waals surface area contributed by atoms with Crippen molar-refractivity contribution in [2.45, 2.75) is 77.6 Å². The Morgan fingerprint density at radius 1 is 0.500 bits per heavy atom. The third-order valence-corrected chi connectivity index (χ3v) is 6.57. The van der Waals surface area contributed by atoms with E-state index in [1.165, 1.54) is 6.92 Å². The summed E-state index contributed by atoms with van der Waals surface area (Å²) in [5, 5.41) is 45.3. The highest BCUT2D eigenvalue weighted by molar-refractivity contribution is 5.91. The summed E-state index contributed by atoms with van der Waals surface area (Å²) in [5.74, 6) is -3.69. The fourth-order valence-electron chi connectivity index (χ4n) is 4.42. The zero-order valence-corrected chi connectivity index (χ0v) is 25.5. The molecule has 0 saturated heterocycles. The minimum Gasteiger partial charge on any atom is -0.466 e. The average Bonchev–Trinajstić information content (AvgIpc) is 3.00. The van der Waals surface area contributed by atoms with Crippen LogP contribution in [0.15, 0.2) is 11.1 Å². The lowest BCUT2D eigenvalue weighted by Crippen LogP contribution is -2.33. The van der Waals surface area contributed by atoms with Gasteiger partial charge >= 0.3 is 29.8 Å². The van der Waals surface area contributed by atoms with Crippen molar-refractivity contribution in [3.05, 3.63) is 11.1 Å². The second kappa shape index (κ2) is 25.2. The van der Waals surface area contributed by atoms with E-state index in [-0.39, 0.29) is 110 Å². The van der Waals surface area contributed by atoms with E-state index in [1.807, 2.05) is 0 Å². The Hall–Kier alpha value is -3.11. The van der Waals surface area contributed by atoms with E-state index in [2.05, 4.69) is 0 Å². The molecule has 0 aliphatic rings. The van der Waals surface area contributed by atoms with Crippen molar-refractivity contribution in [1.82, 2.24) is 0 Å². The smallest absolute Gasteiger partial charge is 0.336 e. The van der Waals surface area contributed by atoms with Gasteiger partial charge in [0, 0.05) is 56.3 Å². The van der Waals surface area contributed by atoms with E-state index in [0.29, 0.717) is 18.4 Å². The van der Waals surface area contributed by atoms with Gasteiger partial charge in [-0.2, -0.15) is 0 Å². The van der Waals surface area contributed by atoms with E-state index in [4.69, 9.17) is 44.1 Å². The van der Waals surface area contributed by atoms with Crippen LogP contribution in [0.25, 0.3) is 0 Å². The molecule has 0 fully saturated rings. The molecular formula is C29H48O15. The highest BCUT2D eigenvalue weighted by Gasteiger charge is 2.41. The van der Waals surface area contributed by atoms with Crippen molar-refractivity contribution in [2.75, 3.05) is 59.6 Å². The first-order chi connectivity index (χ1) is 21.1. The quantitative estimate of drug-likeness (QED) is 0.0281. The number of carbonyl (C=O) groups is 5. The van der Waals surface area contributed by atoms with Crippen LogP contribution in [0, 0.1) is 5.41 Å². The summed E-state index contributed by atoms with van der Waals surface area (Å²) in [4.78, 5) is 63.3. The summed E-state index contributed by atoms with van der Waals surface area (Å²) in [6, 6.07) is 0. The monoisotopic (exact) mass is 636 g/mol. The standard InChI is InChI=1S/C29H48O15/c1-22(5-6-23(35)42-19-15-32)27(28(39)44-21-34)29(12-9-26(38)43-20-16-33,11-8-25(37)41-18-4-14-31)10-7-24(36)40-17-3-2-13-30/h30-34H,2-21H2,1H3. The molecule has 15 heteroatoms. The van der Waals surface area contributed by atoms with E-state index in [1.54, 1.807) is 0 Å². The minimum absolute atomic E-state index is 0.0383. The molecule has 0 radical (unpaired) electrons. The molecule has 0 aromatic heterocycles. The summed E-state index contributed by atoms with van der Waals surface area (Å²) in [6.45, 7) is -1.05. The van der Waals surface area contributed by atoms with Gasteiger partial charge in [-0.1, -0.05) is 5.57 Å². The molecule has 15 nitrogen and oxygen atoms in total. The first-order valence-corrected chi connectivity index (χ1v) is 14.6. The van der Waals surface area contributed by atoms with Crippen LogP contribution in [0.2, 0.25) is 0 Å². The van der Waals surface area contributed by atoms with Gasteiger partial charge in [0.1, 0.15) is 13.2 Å². The molecule has 254 valence electrons. The number of hydrogen-bond donors (Lipinski definition) is 5. The highest BCUT2D eigenvalue weighted by Crippen LogP contribution is 2.45. The van der Waals surface area contributed by atoms with Gasteiger partial charge in [-0.05, 0) is 45.4 Å². The molecule has 0 spiro atoms. The minimum atomic E-state index is -1.43. The number of aliphatic hydroxyl groups is 5. The van der Waals surface area contributed by atoms with Crippen molar-refractivity contribution >= 4 is 29.8 Å². The second-order valence-electron chi connectivity index (χ2n) is 9.83. The van der Waals surface area contributed by atoms with Gasteiger partial charge in [0.2, 0.25) is 0 Å². The predicted octanol–water partition coefficient (Wildman–Crippen LogP) is 0.215. The summed E-state index contributed by atoms with van der Waals surface area (Å²) in [5.41, 5.74) is -1.19. The maximum Gasteiger partial charge on any atom is 0.336 e. The van der Waals surface area contributed by atoms with Gasteiger partial charge in [-0.3, -0.25) is 19.2 Å². The van der Waals surface area contributed by atoms with Crippen LogP contribution in [0.4, 0.5) is 0 Å². The molecule has 0 amide bonds. The van der Waals surface area contributed by atoms with Crippen LogP contribution < -0.4 is 0 Å². The molecular weight excluding hydrogens is 588 g/mol.